The summed E-state index contributed by atoms with van der Waals surface area (Å²) in [4.78, 5) is 1.90. The van der Waals surface area contributed by atoms with Crippen molar-refractivity contribution in [1.29, 1.82) is 0 Å². The van der Waals surface area contributed by atoms with Gasteiger partial charge in [0.15, 0.2) is 0 Å². The van der Waals surface area contributed by atoms with Crippen molar-refractivity contribution < 1.29 is 0 Å². The van der Waals surface area contributed by atoms with E-state index in [2.05, 4.69) is 0 Å². The van der Waals surface area contributed by atoms with E-state index in [1.807, 2.05) is 18.9 Å². The maximum absolute atomic E-state index is 5.08. The summed E-state index contributed by atoms with van der Waals surface area (Å²) in [7, 11) is 7.01. The van der Waals surface area contributed by atoms with Crippen LogP contribution in [-0.2, 0) is 0 Å². The van der Waals surface area contributed by atoms with Crippen LogP contribution in [-0.4, -0.2) is 32.1 Å². The zero-order valence-corrected chi connectivity index (χ0v) is 4.31. The second kappa shape index (κ2) is 2.95. The van der Waals surface area contributed by atoms with Gasteiger partial charge in [0.05, 0.1) is 0 Å². The van der Waals surface area contributed by atoms with Crippen LogP contribution in [0.15, 0.2) is 0 Å². The number of hydrogen-bond acceptors (Lipinski definition) is 1. The van der Waals surface area contributed by atoms with Crippen LogP contribution in [0.25, 0.3) is 0 Å². The van der Waals surface area contributed by atoms with Crippen molar-refractivity contribution in [1.82, 2.24) is 4.90 Å². The Hall–Kier alpha value is -0.265. The Morgan fingerprint density at radius 2 is 2.33 bits per heavy atom. The SMILES string of the molecule is [B]=CN(C)CC. The average molecular weight is 81.9 g/mol. The Morgan fingerprint density at radius 1 is 1.83 bits per heavy atom. The molecule has 0 rings (SSSR count). The molecule has 33 valence electrons. The van der Waals surface area contributed by atoms with Crippen molar-refractivity contribution in [2.45, 2.75) is 6.92 Å². The number of rotatable bonds is 2. The first-order valence-electron chi connectivity index (χ1n) is 2.06. The van der Waals surface area contributed by atoms with E-state index in [9.17, 15) is 0 Å². The minimum absolute atomic E-state index is 0.983. The van der Waals surface area contributed by atoms with Gasteiger partial charge < -0.3 is 0 Å². The third-order valence-electron chi connectivity index (χ3n) is 0.753. The summed E-state index contributed by atoms with van der Waals surface area (Å²) >= 11 is 0. The molecule has 0 bridgehead atoms. The predicted molar refractivity (Wildman–Crippen MR) is 30.1 cm³/mol. The van der Waals surface area contributed by atoms with Crippen LogP contribution in [0.3, 0.4) is 0 Å². The van der Waals surface area contributed by atoms with E-state index < -0.39 is 0 Å². The summed E-state index contributed by atoms with van der Waals surface area (Å²) in [6.45, 7) is 3.03. The van der Waals surface area contributed by atoms with Crippen LogP contribution >= 0.6 is 0 Å². The van der Waals surface area contributed by atoms with Crippen LogP contribution in [0.2, 0.25) is 0 Å². The van der Waals surface area contributed by atoms with Gasteiger partial charge in [-0.25, -0.2) is 0 Å². The zero-order valence-electron chi connectivity index (χ0n) is 4.31. The van der Waals surface area contributed by atoms with Crippen molar-refractivity contribution >= 4 is 13.6 Å². The van der Waals surface area contributed by atoms with Gasteiger partial charge in [-0.05, 0) is 0 Å². The fourth-order valence-electron chi connectivity index (χ4n) is 0.105. The van der Waals surface area contributed by atoms with E-state index in [0.717, 1.165) is 6.54 Å². The van der Waals surface area contributed by atoms with E-state index in [4.69, 9.17) is 7.49 Å². The fraction of sp³-hybridized carbons (Fsp3) is 0.750. The van der Waals surface area contributed by atoms with Gasteiger partial charge >= 0.3 is 39.0 Å². The molecule has 0 N–H and O–H groups in total. The van der Waals surface area contributed by atoms with E-state index in [0.29, 0.717) is 0 Å². The summed E-state index contributed by atoms with van der Waals surface area (Å²) in [6, 6.07) is 0. The van der Waals surface area contributed by atoms with Gasteiger partial charge in [0.1, 0.15) is 0 Å². The molecule has 0 aliphatic carbocycles. The summed E-state index contributed by atoms with van der Waals surface area (Å²) in [6.07, 6.45) is 1.56. The molecule has 1 nitrogen and oxygen atoms in total. The molecule has 2 heteroatoms. The molecule has 6 heavy (non-hydrogen) atoms. The Kier molecular flexibility index (Phi) is 2.82. The topological polar surface area (TPSA) is 3.24 Å². The van der Waals surface area contributed by atoms with E-state index in [-0.39, 0.29) is 0 Å². The van der Waals surface area contributed by atoms with Crippen molar-refractivity contribution in [2.24, 2.45) is 0 Å². The molecule has 0 aliphatic heterocycles. The Labute approximate surface area is 40.0 Å². The molecule has 0 aliphatic rings. The molecular weight excluding hydrogens is 72.9 g/mol. The monoisotopic (exact) mass is 82.1 g/mol. The average Bonchev–Trinajstić information content (AvgIpc) is 1.65. The molecular formula is C4H9BN. The Balaban J connectivity index is 2.96. The summed E-state index contributed by atoms with van der Waals surface area (Å²) < 4.78 is 0. The Bertz CT molecular complexity index is 44.8. The van der Waals surface area contributed by atoms with Gasteiger partial charge in [-0.15, -0.1) is 0 Å². The van der Waals surface area contributed by atoms with Gasteiger partial charge in [0.2, 0.25) is 0 Å². The molecule has 0 unspecified atom stereocenters. The van der Waals surface area contributed by atoms with Crippen molar-refractivity contribution in [2.75, 3.05) is 13.6 Å². The third kappa shape index (κ3) is 2.00. The normalized spacial score (nSPS) is 7.50. The fourth-order valence-corrected chi connectivity index (χ4v) is 0.105. The van der Waals surface area contributed by atoms with Gasteiger partial charge in [-0.3, -0.25) is 0 Å². The van der Waals surface area contributed by atoms with Gasteiger partial charge in [0, 0.05) is 0 Å². The first-order valence-corrected chi connectivity index (χ1v) is 2.06. The van der Waals surface area contributed by atoms with E-state index in [1.54, 1.807) is 6.09 Å². The molecule has 0 aromatic rings. The van der Waals surface area contributed by atoms with Crippen molar-refractivity contribution in [3.8, 4) is 0 Å². The molecule has 0 fully saturated rings. The first-order chi connectivity index (χ1) is 2.81. The second-order valence-corrected chi connectivity index (χ2v) is 1.22. The molecule has 1 radical (unpaired) electrons. The van der Waals surface area contributed by atoms with E-state index >= 15 is 0 Å². The number of nitrogens with zero attached hydrogens (tertiary/aromatic N) is 1. The van der Waals surface area contributed by atoms with Crippen molar-refractivity contribution in [3.05, 3.63) is 0 Å². The van der Waals surface area contributed by atoms with Crippen LogP contribution in [0.5, 0.6) is 0 Å². The number of hydrogen-bond donors (Lipinski definition) is 0. The molecule has 0 spiro atoms. The molecule has 0 saturated carbocycles. The van der Waals surface area contributed by atoms with Crippen LogP contribution in [0.4, 0.5) is 0 Å². The van der Waals surface area contributed by atoms with Crippen LogP contribution in [0, 0.1) is 0 Å². The van der Waals surface area contributed by atoms with Crippen LogP contribution in [0.1, 0.15) is 6.92 Å². The molecule has 0 aromatic carbocycles. The summed E-state index contributed by atoms with van der Waals surface area (Å²) in [5, 5.41) is 0. The van der Waals surface area contributed by atoms with Crippen LogP contribution < -0.4 is 0 Å². The molecule has 0 amide bonds. The molecule has 0 aromatic heterocycles. The zero-order chi connectivity index (χ0) is 4.99. The van der Waals surface area contributed by atoms with Gasteiger partial charge in [-0.2, -0.15) is 0 Å². The summed E-state index contributed by atoms with van der Waals surface area (Å²) in [5.41, 5.74) is 0. The van der Waals surface area contributed by atoms with E-state index in [1.165, 1.54) is 0 Å². The Morgan fingerprint density at radius 3 is 2.33 bits per heavy atom. The van der Waals surface area contributed by atoms with Crippen molar-refractivity contribution in [3.63, 3.8) is 0 Å². The minimum atomic E-state index is 0.983. The first kappa shape index (κ1) is 5.73. The van der Waals surface area contributed by atoms with Gasteiger partial charge in [0.25, 0.3) is 0 Å². The molecule has 0 saturated heterocycles. The molecule has 0 heterocycles. The quantitative estimate of drug-likeness (QED) is 0.419. The standard InChI is InChI=1S/C4H9BN/c1-3-6(2)4-5/h4H,3H2,1-2H3. The maximum atomic E-state index is 5.08. The molecule has 0 atom stereocenters. The predicted octanol–water partition coefficient (Wildman–Crippen LogP) is -0.134. The second-order valence-electron chi connectivity index (χ2n) is 1.22. The van der Waals surface area contributed by atoms with Gasteiger partial charge in [-0.1, -0.05) is 0 Å². The summed E-state index contributed by atoms with van der Waals surface area (Å²) in [5.74, 6) is 0. The third-order valence-corrected chi connectivity index (χ3v) is 0.753.